The largest absolute Gasteiger partial charge is 0.369 e. The van der Waals surface area contributed by atoms with Crippen molar-refractivity contribution in [2.24, 2.45) is 0 Å². The molecular formula is C22H30N4S. The highest BCUT2D eigenvalue weighted by Gasteiger charge is 2.14. The molecule has 0 saturated carbocycles. The molecule has 0 amide bonds. The number of benzene rings is 1. The summed E-state index contributed by atoms with van der Waals surface area (Å²) in [5.41, 5.74) is 5.09. The monoisotopic (exact) mass is 382 g/mol. The van der Waals surface area contributed by atoms with E-state index in [4.69, 9.17) is 0 Å². The predicted octanol–water partition coefficient (Wildman–Crippen LogP) is 5.51. The molecule has 0 radical (unpaired) electrons. The number of aromatic nitrogens is 2. The van der Waals surface area contributed by atoms with Crippen LogP contribution in [0.1, 0.15) is 37.8 Å². The van der Waals surface area contributed by atoms with Crippen LogP contribution >= 0.6 is 11.3 Å². The fourth-order valence-corrected chi connectivity index (χ4v) is 4.44. The standard InChI is InChI=1S/C22H30N4S/c1-5-26(6-2)12-8-7-11-23-21-20-19(14-27-22(20)25-15-24-21)18-10-9-16(3)13-17(18)4/h9-10,13-15H,5-8,11-12H2,1-4H3,(H,23,24,25). The van der Waals surface area contributed by atoms with Crippen molar-refractivity contribution >= 4 is 27.4 Å². The van der Waals surface area contributed by atoms with Crippen molar-refractivity contribution in [3.05, 3.63) is 41.0 Å². The number of nitrogens with zero attached hydrogens (tertiary/aromatic N) is 3. The summed E-state index contributed by atoms with van der Waals surface area (Å²) in [5.74, 6) is 0.957. The van der Waals surface area contributed by atoms with E-state index in [0.29, 0.717) is 0 Å². The van der Waals surface area contributed by atoms with Crippen LogP contribution in [0, 0.1) is 13.8 Å². The van der Waals surface area contributed by atoms with Crippen molar-refractivity contribution in [3.63, 3.8) is 0 Å². The molecule has 0 fully saturated rings. The van der Waals surface area contributed by atoms with Crippen LogP contribution in [0.5, 0.6) is 0 Å². The molecular weight excluding hydrogens is 352 g/mol. The van der Waals surface area contributed by atoms with Gasteiger partial charge < -0.3 is 10.2 Å². The molecule has 0 saturated heterocycles. The quantitative estimate of drug-likeness (QED) is 0.496. The lowest BCUT2D eigenvalue weighted by Gasteiger charge is -2.17. The zero-order valence-electron chi connectivity index (χ0n) is 16.9. The number of thiophene rings is 1. The molecule has 0 unspecified atom stereocenters. The Morgan fingerprint density at radius 3 is 2.59 bits per heavy atom. The summed E-state index contributed by atoms with van der Waals surface area (Å²) in [7, 11) is 0. The summed E-state index contributed by atoms with van der Waals surface area (Å²) in [6.45, 7) is 13.1. The minimum Gasteiger partial charge on any atom is -0.369 e. The Morgan fingerprint density at radius 2 is 1.85 bits per heavy atom. The van der Waals surface area contributed by atoms with Crippen molar-refractivity contribution in [2.75, 3.05) is 31.5 Å². The molecule has 27 heavy (non-hydrogen) atoms. The van der Waals surface area contributed by atoms with E-state index in [1.165, 1.54) is 35.2 Å². The van der Waals surface area contributed by atoms with Gasteiger partial charge in [0.2, 0.25) is 0 Å². The van der Waals surface area contributed by atoms with Gasteiger partial charge in [0, 0.05) is 17.5 Å². The second kappa shape index (κ2) is 9.29. The van der Waals surface area contributed by atoms with E-state index >= 15 is 0 Å². The van der Waals surface area contributed by atoms with Crippen molar-refractivity contribution < 1.29 is 0 Å². The van der Waals surface area contributed by atoms with Gasteiger partial charge in [0.05, 0.1) is 5.39 Å². The van der Waals surface area contributed by atoms with Crippen LogP contribution in [0.2, 0.25) is 0 Å². The van der Waals surface area contributed by atoms with E-state index in [1.807, 2.05) is 0 Å². The fraction of sp³-hybridized carbons (Fsp3) is 0.455. The van der Waals surface area contributed by atoms with Crippen LogP contribution < -0.4 is 5.32 Å². The SMILES string of the molecule is CCN(CC)CCCCNc1ncnc2scc(-c3ccc(C)cc3C)c12. The van der Waals surface area contributed by atoms with Gasteiger partial charge in [-0.25, -0.2) is 9.97 Å². The Kier molecular flexibility index (Phi) is 6.80. The molecule has 0 aliphatic heterocycles. The van der Waals surface area contributed by atoms with Gasteiger partial charge in [0.25, 0.3) is 0 Å². The van der Waals surface area contributed by atoms with Crippen LogP contribution in [0.4, 0.5) is 5.82 Å². The molecule has 0 aliphatic carbocycles. The first-order chi connectivity index (χ1) is 13.1. The molecule has 0 aliphatic rings. The lowest BCUT2D eigenvalue weighted by atomic mass is 9.99. The van der Waals surface area contributed by atoms with E-state index in [1.54, 1.807) is 17.7 Å². The van der Waals surface area contributed by atoms with Crippen LogP contribution in [-0.2, 0) is 0 Å². The second-order valence-corrected chi connectivity index (χ2v) is 7.89. The molecule has 1 N–H and O–H groups in total. The number of rotatable bonds is 9. The minimum atomic E-state index is 0.940. The number of nitrogens with one attached hydrogen (secondary N) is 1. The number of fused-ring (bicyclic) bond motifs is 1. The van der Waals surface area contributed by atoms with Crippen molar-refractivity contribution in [2.45, 2.75) is 40.5 Å². The number of anilines is 1. The Labute approximate surface area is 166 Å². The van der Waals surface area contributed by atoms with E-state index < -0.39 is 0 Å². The number of hydrogen-bond donors (Lipinski definition) is 1. The molecule has 2 aromatic heterocycles. The van der Waals surface area contributed by atoms with Gasteiger partial charge >= 0.3 is 0 Å². The zero-order chi connectivity index (χ0) is 19.2. The summed E-state index contributed by atoms with van der Waals surface area (Å²) in [5, 5.41) is 6.92. The lowest BCUT2D eigenvalue weighted by molar-refractivity contribution is 0.298. The maximum absolute atomic E-state index is 4.55. The lowest BCUT2D eigenvalue weighted by Crippen LogP contribution is -2.24. The maximum Gasteiger partial charge on any atom is 0.138 e. The molecule has 5 heteroatoms. The first-order valence-electron chi connectivity index (χ1n) is 9.90. The fourth-order valence-electron chi connectivity index (χ4n) is 3.53. The van der Waals surface area contributed by atoms with Gasteiger partial charge in [-0.05, 0) is 57.5 Å². The molecule has 3 rings (SSSR count). The van der Waals surface area contributed by atoms with Gasteiger partial charge in [0.15, 0.2) is 0 Å². The zero-order valence-corrected chi connectivity index (χ0v) is 17.7. The highest BCUT2D eigenvalue weighted by molar-refractivity contribution is 7.17. The summed E-state index contributed by atoms with van der Waals surface area (Å²) in [6.07, 6.45) is 4.02. The summed E-state index contributed by atoms with van der Waals surface area (Å²) >= 11 is 1.69. The molecule has 0 bridgehead atoms. The van der Waals surface area contributed by atoms with Gasteiger partial charge in [-0.15, -0.1) is 11.3 Å². The smallest absolute Gasteiger partial charge is 0.138 e. The van der Waals surface area contributed by atoms with Gasteiger partial charge in [-0.2, -0.15) is 0 Å². The summed E-state index contributed by atoms with van der Waals surface area (Å²) < 4.78 is 0. The number of aryl methyl sites for hydroxylation is 2. The third kappa shape index (κ3) is 4.66. The number of unbranched alkanes of at least 4 members (excludes halogenated alkanes) is 1. The van der Waals surface area contributed by atoms with E-state index in [2.05, 4.69) is 71.5 Å². The predicted molar refractivity (Wildman–Crippen MR) is 118 cm³/mol. The topological polar surface area (TPSA) is 41.0 Å². The van der Waals surface area contributed by atoms with Crippen LogP contribution in [0.3, 0.4) is 0 Å². The highest BCUT2D eigenvalue weighted by Crippen LogP contribution is 2.38. The van der Waals surface area contributed by atoms with Crippen LogP contribution in [0.25, 0.3) is 21.3 Å². The average molecular weight is 383 g/mol. The van der Waals surface area contributed by atoms with E-state index in [-0.39, 0.29) is 0 Å². The first kappa shape index (κ1) is 19.8. The summed E-state index contributed by atoms with van der Waals surface area (Å²) in [6, 6.07) is 6.63. The number of hydrogen-bond acceptors (Lipinski definition) is 5. The Hall–Kier alpha value is -1.98. The molecule has 1 aromatic carbocycles. The Bertz CT molecular complexity index is 883. The van der Waals surface area contributed by atoms with Crippen molar-refractivity contribution in [1.82, 2.24) is 14.9 Å². The third-order valence-corrected chi connectivity index (χ3v) is 6.02. The molecule has 144 valence electrons. The Morgan fingerprint density at radius 1 is 1.04 bits per heavy atom. The van der Waals surface area contributed by atoms with E-state index in [0.717, 1.165) is 42.1 Å². The normalized spacial score (nSPS) is 11.4. The van der Waals surface area contributed by atoms with Crippen LogP contribution in [-0.4, -0.2) is 41.0 Å². The highest BCUT2D eigenvalue weighted by atomic mass is 32.1. The summed E-state index contributed by atoms with van der Waals surface area (Å²) in [4.78, 5) is 12.6. The minimum absolute atomic E-state index is 0.940. The Balaban J connectivity index is 1.75. The van der Waals surface area contributed by atoms with Crippen LogP contribution in [0.15, 0.2) is 29.9 Å². The molecule has 3 aromatic rings. The van der Waals surface area contributed by atoms with E-state index in [9.17, 15) is 0 Å². The van der Waals surface area contributed by atoms with Crippen molar-refractivity contribution in [3.8, 4) is 11.1 Å². The molecule has 0 atom stereocenters. The van der Waals surface area contributed by atoms with Gasteiger partial charge in [0.1, 0.15) is 17.0 Å². The first-order valence-corrected chi connectivity index (χ1v) is 10.8. The molecule has 0 spiro atoms. The second-order valence-electron chi connectivity index (χ2n) is 7.03. The van der Waals surface area contributed by atoms with Crippen molar-refractivity contribution in [1.29, 1.82) is 0 Å². The molecule has 2 heterocycles. The molecule has 4 nitrogen and oxygen atoms in total. The maximum atomic E-state index is 4.55. The average Bonchev–Trinajstić information content (AvgIpc) is 3.09. The van der Waals surface area contributed by atoms with Gasteiger partial charge in [-0.1, -0.05) is 37.6 Å². The van der Waals surface area contributed by atoms with Gasteiger partial charge in [-0.3, -0.25) is 0 Å². The third-order valence-electron chi connectivity index (χ3n) is 5.13.